The lowest BCUT2D eigenvalue weighted by Gasteiger charge is -2.30. The Bertz CT molecular complexity index is 1690. The second-order valence-corrected chi connectivity index (χ2v) is 10.4. The van der Waals surface area contributed by atoms with Gasteiger partial charge in [0.15, 0.2) is 0 Å². The molecule has 9 heteroatoms. The Morgan fingerprint density at radius 1 is 1.10 bits per heavy atom. The maximum absolute atomic E-state index is 13.6. The molecule has 0 aliphatic carbocycles. The van der Waals surface area contributed by atoms with Crippen LogP contribution < -0.4 is 15.5 Å². The first-order chi connectivity index (χ1) is 18.9. The zero-order valence-corrected chi connectivity index (χ0v) is 22.0. The highest BCUT2D eigenvalue weighted by Crippen LogP contribution is 2.46. The Labute approximate surface area is 229 Å². The molecule has 0 radical (unpaired) electrons. The summed E-state index contributed by atoms with van der Waals surface area (Å²) in [6.07, 6.45) is 5.47. The molecule has 2 aromatic carbocycles. The summed E-state index contributed by atoms with van der Waals surface area (Å²) < 4.78 is 0. The highest BCUT2D eigenvalue weighted by Gasteiger charge is 2.33. The number of benzene rings is 2. The molecule has 8 nitrogen and oxygen atoms in total. The first-order valence-corrected chi connectivity index (χ1v) is 13.4. The molecular formula is C30H25N5O3S. The predicted octanol–water partition coefficient (Wildman–Crippen LogP) is 5.99. The molecule has 2 aromatic heterocycles. The van der Waals surface area contributed by atoms with E-state index in [1.165, 1.54) is 17.4 Å². The Balaban J connectivity index is 1.37. The van der Waals surface area contributed by atoms with Crippen LogP contribution in [0.5, 0.6) is 0 Å². The van der Waals surface area contributed by atoms with Crippen LogP contribution in [0.3, 0.4) is 0 Å². The van der Waals surface area contributed by atoms with Crippen molar-refractivity contribution in [1.29, 1.82) is 0 Å². The van der Waals surface area contributed by atoms with Crippen LogP contribution in [0.15, 0.2) is 85.2 Å². The Morgan fingerprint density at radius 2 is 1.92 bits per heavy atom. The summed E-state index contributed by atoms with van der Waals surface area (Å²) in [5, 5.41) is 6.61. The van der Waals surface area contributed by atoms with Crippen molar-refractivity contribution >= 4 is 56.5 Å². The van der Waals surface area contributed by atoms with Crippen LogP contribution in [0.25, 0.3) is 21.3 Å². The quantitative estimate of drug-likeness (QED) is 0.307. The van der Waals surface area contributed by atoms with E-state index in [0.717, 1.165) is 27.8 Å². The molecule has 4 heterocycles. The second-order valence-electron chi connectivity index (χ2n) is 9.39. The first kappa shape index (κ1) is 24.6. The molecule has 194 valence electrons. The minimum atomic E-state index is -0.353. The van der Waals surface area contributed by atoms with Gasteiger partial charge in [0, 0.05) is 18.4 Å². The third-order valence-electron chi connectivity index (χ3n) is 6.92. The Morgan fingerprint density at radius 3 is 2.72 bits per heavy atom. The van der Waals surface area contributed by atoms with E-state index in [0.29, 0.717) is 39.7 Å². The minimum absolute atomic E-state index is 0.181. The van der Waals surface area contributed by atoms with E-state index in [9.17, 15) is 14.4 Å². The van der Waals surface area contributed by atoms with E-state index in [-0.39, 0.29) is 24.4 Å². The lowest BCUT2D eigenvalue weighted by Crippen LogP contribution is -2.39. The number of amides is 4. The second kappa shape index (κ2) is 9.85. The molecule has 0 bridgehead atoms. The molecule has 0 saturated heterocycles. The minimum Gasteiger partial charge on any atom is -0.333 e. The van der Waals surface area contributed by atoms with E-state index >= 15 is 0 Å². The summed E-state index contributed by atoms with van der Waals surface area (Å²) in [4.78, 5) is 47.9. The lowest BCUT2D eigenvalue weighted by molar-refractivity contribution is -0.125. The number of thiophene rings is 1. The average Bonchev–Trinajstić information content (AvgIpc) is 3.33. The lowest BCUT2D eigenvalue weighted by atomic mass is 10.0. The summed E-state index contributed by atoms with van der Waals surface area (Å²) in [6.45, 7) is 6.37. The number of pyridine rings is 1. The number of urea groups is 1. The van der Waals surface area contributed by atoms with Crippen LogP contribution in [-0.4, -0.2) is 40.8 Å². The number of hydrogen-bond donors (Lipinski definition) is 2. The van der Waals surface area contributed by atoms with Crippen molar-refractivity contribution in [1.82, 2.24) is 15.2 Å². The number of rotatable bonds is 5. The molecule has 2 aliphatic rings. The summed E-state index contributed by atoms with van der Waals surface area (Å²) in [7, 11) is 0. The van der Waals surface area contributed by atoms with Crippen molar-refractivity contribution in [3.8, 4) is 11.1 Å². The summed E-state index contributed by atoms with van der Waals surface area (Å²) in [5.74, 6) is -0.534. The molecule has 0 atom stereocenters. The largest absolute Gasteiger partial charge is 0.333 e. The predicted molar refractivity (Wildman–Crippen MR) is 154 cm³/mol. The zero-order valence-electron chi connectivity index (χ0n) is 21.2. The van der Waals surface area contributed by atoms with Gasteiger partial charge in [-0.25, -0.2) is 9.78 Å². The number of aryl methyl sites for hydroxylation is 1. The Kier molecular flexibility index (Phi) is 6.20. The number of nitrogens with zero attached hydrogens (tertiary/aromatic N) is 3. The van der Waals surface area contributed by atoms with Gasteiger partial charge in [-0.15, -0.1) is 11.3 Å². The van der Waals surface area contributed by atoms with Crippen LogP contribution in [0.4, 0.5) is 21.9 Å². The van der Waals surface area contributed by atoms with E-state index < -0.39 is 0 Å². The van der Waals surface area contributed by atoms with Gasteiger partial charge in [-0.3, -0.25) is 14.5 Å². The van der Waals surface area contributed by atoms with Crippen LogP contribution in [0.2, 0.25) is 0 Å². The number of anilines is 3. The average molecular weight is 536 g/mol. The SMILES string of the molecule is C=CC(=O)N1CCC=C(NC(=O)c2sc3nccc4c3c2NC(=O)N4c2cc(-c3ccccc3)ccc2C)C1. The first-order valence-electron chi connectivity index (χ1n) is 12.5. The normalized spacial score (nSPS) is 14.6. The van der Waals surface area contributed by atoms with Gasteiger partial charge in [-0.05, 0) is 48.2 Å². The van der Waals surface area contributed by atoms with E-state index in [1.807, 2.05) is 61.5 Å². The van der Waals surface area contributed by atoms with Crippen molar-refractivity contribution in [2.75, 3.05) is 23.3 Å². The number of hydrogen-bond acceptors (Lipinski definition) is 5. The third kappa shape index (κ3) is 4.36. The van der Waals surface area contributed by atoms with Crippen LogP contribution >= 0.6 is 11.3 Å². The maximum Gasteiger partial charge on any atom is 0.331 e. The molecule has 0 saturated carbocycles. The van der Waals surface area contributed by atoms with Crippen molar-refractivity contribution in [3.63, 3.8) is 0 Å². The summed E-state index contributed by atoms with van der Waals surface area (Å²) in [5.41, 5.74) is 5.49. The molecule has 4 aromatic rings. The van der Waals surface area contributed by atoms with Crippen molar-refractivity contribution in [2.45, 2.75) is 13.3 Å². The van der Waals surface area contributed by atoms with Gasteiger partial charge in [0.2, 0.25) is 5.91 Å². The zero-order chi connectivity index (χ0) is 27.1. The summed E-state index contributed by atoms with van der Waals surface area (Å²) in [6, 6.07) is 17.5. The fourth-order valence-corrected chi connectivity index (χ4v) is 6.01. The monoisotopic (exact) mass is 535 g/mol. The highest BCUT2D eigenvalue weighted by molar-refractivity contribution is 7.21. The maximum atomic E-state index is 13.6. The van der Waals surface area contributed by atoms with Gasteiger partial charge in [0.05, 0.1) is 29.0 Å². The number of nitrogens with one attached hydrogen (secondary N) is 2. The highest BCUT2D eigenvalue weighted by atomic mass is 32.1. The van der Waals surface area contributed by atoms with Gasteiger partial charge in [-0.1, -0.05) is 55.1 Å². The third-order valence-corrected chi connectivity index (χ3v) is 8.02. The Hall–Kier alpha value is -4.76. The molecule has 6 rings (SSSR count). The van der Waals surface area contributed by atoms with E-state index in [4.69, 9.17) is 0 Å². The topological polar surface area (TPSA) is 94.6 Å². The standard InChI is InChI=1S/C30H25N5O3S/c1-3-24(36)34-15-7-10-21(17-34)32-28(37)27-26-25-22(13-14-31-29(25)39-27)35(30(38)33-26)23-16-20(12-11-18(23)2)19-8-5-4-6-9-19/h3-6,8-14,16H,1,7,15,17H2,2H3,(H,32,37)(H,33,38). The van der Waals surface area contributed by atoms with Crippen molar-refractivity contribution in [2.24, 2.45) is 0 Å². The van der Waals surface area contributed by atoms with Gasteiger partial charge < -0.3 is 15.5 Å². The van der Waals surface area contributed by atoms with Gasteiger partial charge in [0.25, 0.3) is 5.91 Å². The number of carbonyl (C=O) groups excluding carboxylic acids is 3. The van der Waals surface area contributed by atoms with Crippen LogP contribution in [-0.2, 0) is 4.79 Å². The molecule has 0 fully saturated rings. The fraction of sp³-hybridized carbons (Fsp3) is 0.133. The van der Waals surface area contributed by atoms with Crippen molar-refractivity contribution in [3.05, 3.63) is 95.7 Å². The van der Waals surface area contributed by atoms with Gasteiger partial charge in [-0.2, -0.15) is 0 Å². The van der Waals surface area contributed by atoms with Crippen molar-refractivity contribution < 1.29 is 14.4 Å². The van der Waals surface area contributed by atoms with Crippen LogP contribution in [0, 0.1) is 6.92 Å². The smallest absolute Gasteiger partial charge is 0.331 e. The molecule has 0 spiro atoms. The molecule has 2 aliphatic heterocycles. The molecule has 39 heavy (non-hydrogen) atoms. The van der Waals surface area contributed by atoms with E-state index in [2.05, 4.69) is 22.2 Å². The molecular weight excluding hydrogens is 510 g/mol. The number of aromatic nitrogens is 1. The molecule has 2 N–H and O–H groups in total. The fourth-order valence-electron chi connectivity index (χ4n) is 5.00. The van der Waals surface area contributed by atoms with Gasteiger partial charge in [0.1, 0.15) is 9.71 Å². The van der Waals surface area contributed by atoms with Gasteiger partial charge >= 0.3 is 6.03 Å². The van der Waals surface area contributed by atoms with Crippen LogP contribution in [0.1, 0.15) is 21.7 Å². The van der Waals surface area contributed by atoms with E-state index in [1.54, 1.807) is 22.1 Å². The molecule has 0 unspecified atom stereocenters. The number of carbonyl (C=O) groups is 3. The molecule has 4 amide bonds. The summed E-state index contributed by atoms with van der Waals surface area (Å²) >= 11 is 1.23.